The number of epoxide rings is 1. The zero-order valence-corrected chi connectivity index (χ0v) is 19.2. The number of ether oxygens (including phenoxy) is 3. The Morgan fingerprint density at radius 1 is 0.971 bits per heavy atom. The maximum Gasteiger partial charge on any atom is 0.432 e. The van der Waals surface area contributed by atoms with E-state index in [1.54, 1.807) is 0 Å². The Kier molecular flexibility index (Phi) is 5.55. The minimum atomic E-state index is -6.54. The van der Waals surface area contributed by atoms with Crippen molar-refractivity contribution >= 4 is 22.1 Å². The predicted molar refractivity (Wildman–Crippen MR) is 104 cm³/mol. The van der Waals surface area contributed by atoms with Gasteiger partial charge < -0.3 is 14.2 Å². The normalized spacial score (nSPS) is 41.1. The zero-order chi connectivity index (χ0) is 25.6. The number of hydrogen-bond donors (Lipinski definition) is 1. The molecule has 6 unspecified atom stereocenters. The topological polar surface area (TPSA) is 120 Å². The van der Waals surface area contributed by atoms with Gasteiger partial charge >= 0.3 is 33.5 Å². The molecule has 14 heteroatoms. The van der Waals surface area contributed by atoms with Crippen molar-refractivity contribution in [3.63, 3.8) is 0 Å². The van der Waals surface area contributed by atoms with E-state index in [-0.39, 0.29) is 43.3 Å². The molecule has 0 aromatic rings. The fourth-order valence-electron chi connectivity index (χ4n) is 7.14. The standard InChI is InChI=1S/C21H25F5O8S/c22-20(23,24)16(21(25,26)35(29,30)31)33-17(28)18-5-10-3-11(6-18)8-19(7-10,9-18)34-15(27)12-1-2-13-14(4-12)32-13/h10-14,16H,1-9H2,(H,29,30,31). The van der Waals surface area contributed by atoms with Gasteiger partial charge in [0, 0.05) is 6.42 Å². The van der Waals surface area contributed by atoms with Gasteiger partial charge in [0.05, 0.1) is 23.5 Å². The first-order valence-corrected chi connectivity index (χ1v) is 13.0. The Balaban J connectivity index is 1.36. The molecule has 198 valence electrons. The number of esters is 2. The van der Waals surface area contributed by atoms with E-state index < -0.39 is 56.5 Å². The van der Waals surface area contributed by atoms with Crippen LogP contribution in [0.15, 0.2) is 0 Å². The SMILES string of the molecule is O=C(OC12CC3CC(C1)CC(C(=O)OC(C(F)(F)F)C(F)(F)S(=O)(=O)O)(C3)C2)C1CCC2OC2C1. The summed E-state index contributed by atoms with van der Waals surface area (Å²) in [5, 5.41) is -5.79. The summed E-state index contributed by atoms with van der Waals surface area (Å²) in [5.41, 5.74) is -2.75. The van der Waals surface area contributed by atoms with E-state index in [1.165, 1.54) is 0 Å². The highest BCUT2D eigenvalue weighted by Gasteiger charge is 2.69. The van der Waals surface area contributed by atoms with E-state index in [2.05, 4.69) is 4.74 Å². The van der Waals surface area contributed by atoms with E-state index in [0.29, 0.717) is 32.1 Å². The van der Waals surface area contributed by atoms with Crippen LogP contribution >= 0.6 is 0 Å². The maximum atomic E-state index is 14.0. The largest absolute Gasteiger partial charge is 0.459 e. The molecule has 4 bridgehead atoms. The number of alkyl halides is 5. The molecule has 0 aromatic carbocycles. The molecule has 5 aliphatic carbocycles. The molecule has 0 radical (unpaired) electrons. The van der Waals surface area contributed by atoms with Crippen molar-refractivity contribution in [1.82, 2.24) is 0 Å². The van der Waals surface area contributed by atoms with E-state index in [4.69, 9.17) is 14.0 Å². The quantitative estimate of drug-likeness (QED) is 0.239. The van der Waals surface area contributed by atoms with Gasteiger partial charge in [-0.3, -0.25) is 14.1 Å². The molecule has 1 aliphatic heterocycles. The fourth-order valence-corrected chi connectivity index (χ4v) is 7.60. The summed E-state index contributed by atoms with van der Waals surface area (Å²) in [6, 6.07) is 0. The summed E-state index contributed by atoms with van der Waals surface area (Å²) in [7, 11) is -6.54. The first kappa shape index (κ1) is 25.1. The molecule has 8 nitrogen and oxygen atoms in total. The van der Waals surface area contributed by atoms with Crippen LogP contribution in [0.1, 0.15) is 57.8 Å². The molecule has 6 aliphatic rings. The van der Waals surface area contributed by atoms with Crippen LogP contribution in [0, 0.1) is 23.2 Å². The molecule has 35 heavy (non-hydrogen) atoms. The summed E-state index contributed by atoms with van der Waals surface area (Å²) in [4.78, 5) is 26.0. The van der Waals surface area contributed by atoms with Crippen LogP contribution < -0.4 is 0 Å². The van der Waals surface area contributed by atoms with Gasteiger partial charge in [-0.2, -0.15) is 30.4 Å². The highest BCUT2D eigenvalue weighted by Crippen LogP contribution is 2.63. The molecular formula is C21H25F5O8S. The Labute approximate surface area is 197 Å². The first-order valence-electron chi connectivity index (χ1n) is 11.5. The second kappa shape index (κ2) is 7.73. The van der Waals surface area contributed by atoms with Crippen molar-refractivity contribution in [3.8, 4) is 0 Å². The Bertz CT molecular complexity index is 1010. The van der Waals surface area contributed by atoms with E-state index in [0.717, 1.165) is 6.42 Å². The van der Waals surface area contributed by atoms with E-state index in [1.807, 2.05) is 0 Å². The molecule has 0 spiro atoms. The third kappa shape index (κ3) is 4.32. The third-order valence-electron chi connectivity index (χ3n) is 8.27. The van der Waals surface area contributed by atoms with E-state index >= 15 is 0 Å². The number of fused-ring (bicyclic) bond motifs is 1. The molecule has 0 amide bonds. The third-order valence-corrected chi connectivity index (χ3v) is 9.17. The van der Waals surface area contributed by atoms with Crippen LogP contribution in [-0.2, 0) is 33.9 Å². The average Bonchev–Trinajstić information content (AvgIpc) is 3.47. The second-order valence-electron chi connectivity index (χ2n) is 10.9. The van der Waals surface area contributed by atoms with Gasteiger partial charge in [0.25, 0.3) is 6.10 Å². The Morgan fingerprint density at radius 3 is 2.14 bits per heavy atom. The van der Waals surface area contributed by atoms with Crippen LogP contribution in [0.3, 0.4) is 0 Å². The van der Waals surface area contributed by atoms with Crippen molar-refractivity contribution in [3.05, 3.63) is 0 Å². The Morgan fingerprint density at radius 2 is 1.60 bits per heavy atom. The molecule has 1 N–H and O–H groups in total. The van der Waals surface area contributed by atoms with Gasteiger partial charge in [-0.15, -0.1) is 0 Å². The number of halogens is 5. The lowest BCUT2D eigenvalue weighted by molar-refractivity contribution is -0.269. The van der Waals surface area contributed by atoms with Crippen molar-refractivity contribution in [2.75, 3.05) is 0 Å². The van der Waals surface area contributed by atoms with Crippen molar-refractivity contribution in [2.45, 2.75) is 93.1 Å². The van der Waals surface area contributed by atoms with Gasteiger partial charge in [0.2, 0.25) is 0 Å². The van der Waals surface area contributed by atoms with Crippen molar-refractivity contribution < 1.29 is 58.7 Å². The molecule has 6 rings (SSSR count). The Hall–Kier alpha value is -1.54. The van der Waals surface area contributed by atoms with Crippen LogP contribution in [0.25, 0.3) is 0 Å². The average molecular weight is 532 g/mol. The monoisotopic (exact) mass is 532 g/mol. The van der Waals surface area contributed by atoms with Gasteiger partial charge in [-0.05, 0) is 63.2 Å². The second-order valence-corrected chi connectivity index (χ2v) is 12.4. The lowest BCUT2D eigenvalue weighted by atomic mass is 9.48. The van der Waals surface area contributed by atoms with Crippen molar-refractivity contribution in [1.29, 1.82) is 0 Å². The maximum absolute atomic E-state index is 14.0. The molecule has 1 saturated heterocycles. The zero-order valence-electron chi connectivity index (χ0n) is 18.4. The van der Waals surface area contributed by atoms with Crippen LogP contribution in [0.5, 0.6) is 0 Å². The highest BCUT2D eigenvalue weighted by atomic mass is 32.2. The smallest absolute Gasteiger partial charge is 0.432 e. The number of rotatable bonds is 6. The molecule has 6 atom stereocenters. The fraction of sp³-hybridized carbons (Fsp3) is 0.905. The number of carbonyl (C=O) groups is 2. The summed E-state index contributed by atoms with van der Waals surface area (Å²) in [6.07, 6.45) is -6.95. The minimum absolute atomic E-state index is 0.0164. The summed E-state index contributed by atoms with van der Waals surface area (Å²) >= 11 is 0. The van der Waals surface area contributed by atoms with Crippen molar-refractivity contribution in [2.24, 2.45) is 23.2 Å². The summed E-state index contributed by atoms with van der Waals surface area (Å²) in [6.45, 7) is 0. The minimum Gasteiger partial charge on any atom is -0.459 e. The van der Waals surface area contributed by atoms with Crippen LogP contribution in [-0.4, -0.2) is 60.3 Å². The van der Waals surface area contributed by atoms with E-state index in [9.17, 15) is 40.0 Å². The summed E-state index contributed by atoms with van der Waals surface area (Å²) in [5.74, 6) is -2.85. The van der Waals surface area contributed by atoms with Gasteiger partial charge in [0.15, 0.2) is 0 Å². The lowest BCUT2D eigenvalue weighted by Gasteiger charge is -2.60. The predicted octanol–water partition coefficient (Wildman–Crippen LogP) is 3.39. The van der Waals surface area contributed by atoms with Gasteiger partial charge in [-0.1, -0.05) is 0 Å². The molecule has 1 heterocycles. The first-order chi connectivity index (χ1) is 16.0. The summed E-state index contributed by atoms with van der Waals surface area (Å²) < 4.78 is 114. The van der Waals surface area contributed by atoms with Gasteiger partial charge in [0.1, 0.15) is 5.60 Å². The number of carbonyl (C=O) groups excluding carboxylic acids is 2. The molecular weight excluding hydrogens is 507 g/mol. The molecule has 0 aromatic heterocycles. The molecule has 5 saturated carbocycles. The lowest BCUT2D eigenvalue weighted by Crippen LogP contribution is -2.62. The van der Waals surface area contributed by atoms with Gasteiger partial charge in [-0.25, -0.2) is 0 Å². The number of hydrogen-bond acceptors (Lipinski definition) is 7. The van der Waals surface area contributed by atoms with Crippen LogP contribution in [0.2, 0.25) is 0 Å². The van der Waals surface area contributed by atoms with Crippen LogP contribution in [0.4, 0.5) is 22.0 Å². The highest BCUT2D eigenvalue weighted by molar-refractivity contribution is 7.86. The molecule has 6 fully saturated rings.